The quantitative estimate of drug-likeness (QED) is 0.590. The van der Waals surface area contributed by atoms with Crippen LogP contribution in [0.15, 0.2) is 23.3 Å². The number of carbonyl (C=O) groups excluding carboxylic acids is 1. The number of likely N-dealkylation sites (tertiary alicyclic amines) is 1. The third-order valence-electron chi connectivity index (χ3n) is 3.89. The number of amides is 1. The van der Waals surface area contributed by atoms with Crippen LogP contribution in [0.4, 0.5) is 0 Å². The summed E-state index contributed by atoms with van der Waals surface area (Å²) in [5.74, 6) is 1.16. The lowest BCUT2D eigenvalue weighted by Gasteiger charge is -2.35. The van der Waals surface area contributed by atoms with Crippen LogP contribution in [-0.4, -0.2) is 37.0 Å². The fourth-order valence-corrected chi connectivity index (χ4v) is 3.95. The molecule has 3 aliphatic heterocycles. The largest absolute Gasteiger partial charge is 0.343 e. The minimum Gasteiger partial charge on any atom is -0.343 e. The number of hydrogen-bond acceptors (Lipinski definition) is 4. The van der Waals surface area contributed by atoms with Gasteiger partial charge in [-0.3, -0.25) is 4.79 Å². The molecule has 0 bridgehead atoms. The molecule has 3 rings (SSSR count). The molecule has 1 unspecified atom stereocenters. The molecular formula is C12H18ClN3OS. The van der Waals surface area contributed by atoms with E-state index in [4.69, 9.17) is 0 Å². The summed E-state index contributed by atoms with van der Waals surface area (Å²) in [6.07, 6.45) is 8.38. The summed E-state index contributed by atoms with van der Waals surface area (Å²) in [7, 11) is 0. The van der Waals surface area contributed by atoms with Gasteiger partial charge in [-0.1, -0.05) is 0 Å². The van der Waals surface area contributed by atoms with Gasteiger partial charge in [0.1, 0.15) is 0 Å². The number of rotatable bonds is 2. The number of halogens is 1. The van der Waals surface area contributed by atoms with Crippen molar-refractivity contribution in [1.29, 1.82) is 0 Å². The van der Waals surface area contributed by atoms with Crippen LogP contribution in [0.5, 0.6) is 0 Å². The van der Waals surface area contributed by atoms with E-state index in [-0.39, 0.29) is 12.4 Å². The highest BCUT2D eigenvalue weighted by atomic mass is 35.5. The number of nitrogens with zero attached hydrogens (tertiary/aromatic N) is 1. The summed E-state index contributed by atoms with van der Waals surface area (Å²) in [5, 5.41) is 3.54. The van der Waals surface area contributed by atoms with Gasteiger partial charge in [0.2, 0.25) is 6.41 Å². The summed E-state index contributed by atoms with van der Waals surface area (Å²) in [4.78, 5) is 14.2. The molecule has 2 N–H and O–H groups in total. The zero-order chi connectivity index (χ0) is 11.7. The van der Waals surface area contributed by atoms with Crippen molar-refractivity contribution in [2.24, 2.45) is 11.8 Å². The van der Waals surface area contributed by atoms with Crippen LogP contribution in [0.25, 0.3) is 0 Å². The normalized spacial score (nSPS) is 34.1. The Kier molecular flexibility index (Phi) is 4.59. The maximum absolute atomic E-state index is 10.9. The molecular weight excluding hydrogens is 270 g/mol. The van der Waals surface area contributed by atoms with Crippen LogP contribution in [0.3, 0.4) is 0 Å². The second-order valence-corrected chi connectivity index (χ2v) is 5.74. The fraction of sp³-hybridized carbons (Fsp3) is 0.583. The molecule has 0 aromatic rings. The fourth-order valence-electron chi connectivity index (χ4n) is 3.08. The first kappa shape index (κ1) is 13.8. The van der Waals surface area contributed by atoms with Crippen LogP contribution in [0, 0.1) is 11.8 Å². The molecule has 0 aromatic heterocycles. The Morgan fingerprint density at radius 1 is 1.44 bits per heavy atom. The van der Waals surface area contributed by atoms with Crippen molar-refractivity contribution in [2.45, 2.75) is 12.5 Å². The van der Waals surface area contributed by atoms with E-state index in [2.05, 4.69) is 22.2 Å². The Morgan fingerprint density at radius 3 is 3.06 bits per heavy atom. The van der Waals surface area contributed by atoms with Crippen molar-refractivity contribution in [3.8, 4) is 0 Å². The van der Waals surface area contributed by atoms with Gasteiger partial charge in [0.05, 0.1) is 0 Å². The summed E-state index contributed by atoms with van der Waals surface area (Å²) in [5.41, 5.74) is 0. The Hall–Kier alpha value is -0.650. The average Bonchev–Trinajstić information content (AvgIpc) is 2.82. The van der Waals surface area contributed by atoms with E-state index < -0.39 is 0 Å². The molecule has 100 valence electrons. The van der Waals surface area contributed by atoms with E-state index in [1.54, 1.807) is 11.9 Å². The van der Waals surface area contributed by atoms with Crippen LogP contribution in [-0.2, 0) is 4.79 Å². The molecule has 3 aliphatic rings. The van der Waals surface area contributed by atoms with E-state index in [1.807, 2.05) is 11.1 Å². The van der Waals surface area contributed by atoms with Crippen LogP contribution in [0.1, 0.15) is 6.42 Å². The van der Waals surface area contributed by atoms with Gasteiger partial charge in [0.15, 0.2) is 0 Å². The SMILES string of the molecule is Cl.O=CN1C[C@@H]2C(C3=CC=CNS3)CCN[C@@H]2C1. The van der Waals surface area contributed by atoms with Crippen molar-refractivity contribution in [2.75, 3.05) is 19.6 Å². The number of carbonyl (C=O) groups is 1. The minimum atomic E-state index is 0. The summed E-state index contributed by atoms with van der Waals surface area (Å²) in [6.45, 7) is 2.82. The molecule has 2 fully saturated rings. The lowest BCUT2D eigenvalue weighted by molar-refractivity contribution is -0.117. The number of hydrogen-bond donors (Lipinski definition) is 2. The van der Waals surface area contributed by atoms with E-state index in [0.717, 1.165) is 26.0 Å². The van der Waals surface area contributed by atoms with E-state index >= 15 is 0 Å². The van der Waals surface area contributed by atoms with E-state index in [1.165, 1.54) is 11.3 Å². The van der Waals surface area contributed by atoms with Gasteiger partial charge in [-0.25, -0.2) is 0 Å². The van der Waals surface area contributed by atoms with E-state index in [9.17, 15) is 4.79 Å². The molecule has 2 saturated heterocycles. The summed E-state index contributed by atoms with van der Waals surface area (Å²) >= 11 is 1.72. The molecule has 0 saturated carbocycles. The highest BCUT2D eigenvalue weighted by Crippen LogP contribution is 2.38. The van der Waals surface area contributed by atoms with Crippen LogP contribution >= 0.6 is 24.4 Å². The Balaban J connectivity index is 0.00000120. The van der Waals surface area contributed by atoms with Crippen LogP contribution in [0.2, 0.25) is 0 Å². The Bertz CT molecular complexity index is 374. The smallest absolute Gasteiger partial charge is 0.209 e. The van der Waals surface area contributed by atoms with Crippen molar-refractivity contribution in [3.05, 3.63) is 23.3 Å². The number of piperidine rings is 1. The molecule has 0 radical (unpaired) electrons. The predicted molar refractivity (Wildman–Crippen MR) is 76.2 cm³/mol. The lowest BCUT2D eigenvalue weighted by Crippen LogP contribution is -2.45. The van der Waals surface area contributed by atoms with Crippen molar-refractivity contribution < 1.29 is 4.79 Å². The maximum Gasteiger partial charge on any atom is 0.209 e. The first-order valence-electron chi connectivity index (χ1n) is 6.10. The first-order chi connectivity index (χ1) is 8.38. The van der Waals surface area contributed by atoms with Gasteiger partial charge in [-0.2, -0.15) is 0 Å². The minimum absolute atomic E-state index is 0. The van der Waals surface area contributed by atoms with Crippen molar-refractivity contribution >= 4 is 30.8 Å². The molecule has 1 amide bonds. The molecule has 0 aromatic carbocycles. The van der Waals surface area contributed by atoms with Crippen molar-refractivity contribution in [3.63, 3.8) is 0 Å². The van der Waals surface area contributed by atoms with E-state index in [0.29, 0.717) is 17.9 Å². The first-order valence-corrected chi connectivity index (χ1v) is 6.92. The molecule has 4 nitrogen and oxygen atoms in total. The van der Waals surface area contributed by atoms with Gasteiger partial charge < -0.3 is 14.9 Å². The van der Waals surface area contributed by atoms with Crippen molar-refractivity contribution in [1.82, 2.24) is 14.9 Å². The summed E-state index contributed by atoms with van der Waals surface area (Å²) in [6, 6.07) is 0.478. The molecule has 0 spiro atoms. The standard InChI is InChI=1S/C12H17N3OS.ClH/c16-8-15-6-10-9(3-5-13-11(10)7-15)12-2-1-4-14-17-12;/h1-2,4,8-11,13-14H,3,5-7H2;1H/t9?,10-,11-;/m1./s1. The zero-order valence-electron chi connectivity index (χ0n) is 10.0. The van der Waals surface area contributed by atoms with Gasteiger partial charge in [-0.15, -0.1) is 12.4 Å². The number of allylic oxidation sites excluding steroid dienone is 3. The zero-order valence-corrected chi connectivity index (χ0v) is 11.7. The number of nitrogens with one attached hydrogen (secondary N) is 2. The van der Waals surface area contributed by atoms with Crippen LogP contribution < -0.4 is 10.0 Å². The Morgan fingerprint density at radius 2 is 2.33 bits per heavy atom. The third-order valence-corrected chi connectivity index (χ3v) is 4.82. The number of fused-ring (bicyclic) bond motifs is 1. The van der Waals surface area contributed by atoms with Gasteiger partial charge in [0, 0.05) is 36.2 Å². The molecule has 18 heavy (non-hydrogen) atoms. The highest BCUT2D eigenvalue weighted by Gasteiger charge is 2.41. The summed E-state index contributed by atoms with van der Waals surface area (Å²) < 4.78 is 3.20. The predicted octanol–water partition coefficient (Wildman–Crippen LogP) is 1.12. The molecule has 3 heterocycles. The molecule has 6 heteroatoms. The van der Waals surface area contributed by atoms with Gasteiger partial charge in [0.25, 0.3) is 0 Å². The second-order valence-electron chi connectivity index (χ2n) is 4.83. The topological polar surface area (TPSA) is 44.4 Å². The van der Waals surface area contributed by atoms with Gasteiger partial charge >= 0.3 is 0 Å². The maximum atomic E-state index is 10.9. The molecule has 0 aliphatic carbocycles. The molecule has 3 atom stereocenters. The van der Waals surface area contributed by atoms with Gasteiger partial charge in [-0.05, 0) is 43.0 Å². The lowest BCUT2D eigenvalue weighted by atomic mass is 9.82. The monoisotopic (exact) mass is 287 g/mol. The average molecular weight is 288 g/mol. The second kappa shape index (κ2) is 5.99. The Labute approximate surface area is 118 Å². The highest BCUT2D eigenvalue weighted by molar-refractivity contribution is 8.01. The third kappa shape index (κ3) is 2.53.